The van der Waals surface area contributed by atoms with E-state index in [-0.39, 0.29) is 28.2 Å². The Morgan fingerprint density at radius 2 is 0.985 bits per heavy atom. The van der Waals surface area contributed by atoms with Gasteiger partial charge in [-0.3, -0.25) is 24.4 Å². The van der Waals surface area contributed by atoms with Gasteiger partial charge in [0.2, 0.25) is 0 Å². The first kappa shape index (κ1) is 48.6. The van der Waals surface area contributed by atoms with E-state index in [0.29, 0.717) is 55.9 Å². The Bertz CT molecular complexity index is 2650. The predicted octanol–water partition coefficient (Wildman–Crippen LogP) is 7.32. The molecule has 15 heteroatoms. The van der Waals surface area contributed by atoms with Crippen molar-refractivity contribution in [1.82, 2.24) is 19.9 Å². The van der Waals surface area contributed by atoms with Gasteiger partial charge in [0.25, 0.3) is 0 Å². The normalized spacial score (nSPS) is 14.7. The second-order valence-corrected chi connectivity index (χ2v) is 18.2. The number of morpholine rings is 2. The molecule has 0 aliphatic carbocycles. The van der Waals surface area contributed by atoms with E-state index in [0.717, 1.165) is 76.6 Å². The SMILES string of the molecule is CC(C)(C)C(=O)Cc1ccc(C(=O)c2ccc3ncc(N4CCOCC4)nc3c2)cc1.CC(C)(C)C(=O)Cc1ccc(C(O)c2ccc3ncc(N4CCOCC4)nc3c2)cc1.[O]=[Mn]=[O]. The number of hydrogen-bond donors (Lipinski definition) is 1. The Kier molecular flexibility index (Phi) is 16.4. The van der Waals surface area contributed by atoms with Crippen molar-refractivity contribution >= 4 is 51.1 Å². The van der Waals surface area contributed by atoms with Crippen LogP contribution in [0.15, 0.2) is 97.3 Å². The minimum absolute atomic E-state index is 0.0748. The number of aliphatic hydroxyl groups is 1. The molecular weight excluding hydrogens is 868 g/mol. The van der Waals surface area contributed by atoms with Crippen LogP contribution in [0.2, 0.25) is 0 Å². The third kappa shape index (κ3) is 13.1. The Morgan fingerprint density at radius 3 is 1.45 bits per heavy atom. The van der Waals surface area contributed by atoms with E-state index in [1.54, 1.807) is 36.7 Å². The van der Waals surface area contributed by atoms with Gasteiger partial charge in [0, 0.05) is 61.0 Å². The van der Waals surface area contributed by atoms with Gasteiger partial charge in [0.05, 0.1) is 60.9 Å². The zero-order chi connectivity index (χ0) is 46.7. The van der Waals surface area contributed by atoms with Crippen molar-refractivity contribution in [2.24, 2.45) is 10.8 Å². The quantitative estimate of drug-likeness (QED) is 0.107. The minimum atomic E-state index is -1.44. The molecule has 341 valence electrons. The second-order valence-electron chi connectivity index (χ2n) is 18.0. The number of ether oxygens (including phenoxy) is 2. The van der Waals surface area contributed by atoms with Crippen molar-refractivity contribution in [2.45, 2.75) is 60.5 Å². The van der Waals surface area contributed by atoms with Crippen molar-refractivity contribution in [3.05, 3.63) is 131 Å². The van der Waals surface area contributed by atoms with Crippen molar-refractivity contribution in [3.8, 4) is 0 Å². The van der Waals surface area contributed by atoms with Crippen molar-refractivity contribution in [1.29, 1.82) is 0 Å². The number of Topliss-reactive ketones (excluding diaryl/α,β-unsaturated/α-hetero) is 2. The number of anilines is 2. The molecule has 2 saturated heterocycles. The number of benzene rings is 4. The number of aromatic nitrogens is 4. The number of nitrogens with zero attached hydrogens (tertiary/aromatic N) is 6. The van der Waals surface area contributed by atoms with E-state index < -0.39 is 20.9 Å². The van der Waals surface area contributed by atoms with E-state index in [4.69, 9.17) is 27.1 Å². The number of rotatable bonds is 10. The first-order chi connectivity index (χ1) is 31.0. The fourth-order valence-electron chi connectivity index (χ4n) is 7.07. The van der Waals surface area contributed by atoms with Crippen LogP contribution in [0.5, 0.6) is 0 Å². The number of carbonyl (C=O) groups is 3. The van der Waals surface area contributed by atoms with Crippen LogP contribution >= 0.6 is 0 Å². The van der Waals surface area contributed by atoms with Crippen LogP contribution in [0.25, 0.3) is 22.1 Å². The molecule has 0 saturated carbocycles. The molecule has 0 spiro atoms. The summed E-state index contributed by atoms with van der Waals surface area (Å²) < 4.78 is 27.6. The number of hydrogen-bond acceptors (Lipinski definition) is 14. The Hall–Kier alpha value is -5.83. The zero-order valence-electron chi connectivity index (χ0n) is 37.8. The first-order valence-corrected chi connectivity index (χ1v) is 22.6. The molecule has 2 aliphatic rings. The Labute approximate surface area is 385 Å². The molecular formula is C50H56MnN6O8. The molecule has 2 fully saturated rings. The van der Waals surface area contributed by atoms with Crippen molar-refractivity contribution in [2.75, 3.05) is 62.4 Å². The van der Waals surface area contributed by atoms with Gasteiger partial charge in [-0.05, 0) is 52.6 Å². The third-order valence-electron chi connectivity index (χ3n) is 11.2. The van der Waals surface area contributed by atoms with Gasteiger partial charge in [-0.2, -0.15) is 0 Å². The van der Waals surface area contributed by atoms with Gasteiger partial charge >= 0.3 is 22.5 Å². The van der Waals surface area contributed by atoms with Gasteiger partial charge < -0.3 is 24.4 Å². The average Bonchev–Trinajstić information content (AvgIpc) is 3.31. The molecule has 1 unspecified atom stereocenters. The van der Waals surface area contributed by atoms with E-state index in [9.17, 15) is 19.5 Å². The van der Waals surface area contributed by atoms with E-state index in [2.05, 4.69) is 19.8 Å². The predicted molar refractivity (Wildman–Crippen MR) is 243 cm³/mol. The summed E-state index contributed by atoms with van der Waals surface area (Å²) in [6, 6.07) is 26.0. The molecule has 4 aromatic carbocycles. The maximum atomic E-state index is 13.0. The summed E-state index contributed by atoms with van der Waals surface area (Å²) in [6.07, 6.45) is 3.56. The molecule has 2 aliphatic heterocycles. The molecule has 0 bridgehead atoms. The number of ketones is 3. The first-order valence-electron chi connectivity index (χ1n) is 21.6. The Balaban J connectivity index is 0.000000203. The summed E-state index contributed by atoms with van der Waals surface area (Å²) in [6.45, 7) is 17.4. The van der Waals surface area contributed by atoms with Crippen LogP contribution in [0, 0.1) is 10.8 Å². The van der Waals surface area contributed by atoms with Crippen LogP contribution in [-0.4, -0.2) is 95.0 Å². The van der Waals surface area contributed by atoms with E-state index in [1.165, 1.54) is 0 Å². The molecule has 2 aromatic heterocycles. The van der Waals surface area contributed by atoms with Crippen LogP contribution in [0.1, 0.15) is 85.8 Å². The van der Waals surface area contributed by atoms with Gasteiger partial charge in [-0.1, -0.05) is 96.1 Å². The van der Waals surface area contributed by atoms with Gasteiger partial charge in [0.15, 0.2) is 5.78 Å². The summed E-state index contributed by atoms with van der Waals surface area (Å²) in [5.41, 5.74) is 6.84. The molecule has 65 heavy (non-hydrogen) atoms. The monoisotopic (exact) mass is 923 g/mol. The van der Waals surface area contributed by atoms with Crippen LogP contribution < -0.4 is 9.80 Å². The number of aliphatic hydroxyl groups excluding tert-OH is 1. The summed E-state index contributed by atoms with van der Waals surface area (Å²) in [7, 11) is 0. The molecule has 0 radical (unpaired) electrons. The third-order valence-corrected chi connectivity index (χ3v) is 11.2. The van der Waals surface area contributed by atoms with Crippen molar-refractivity contribution in [3.63, 3.8) is 0 Å². The molecule has 4 heterocycles. The van der Waals surface area contributed by atoms with Crippen molar-refractivity contribution < 1.29 is 51.5 Å². The zero-order valence-corrected chi connectivity index (χ0v) is 38.9. The summed E-state index contributed by atoms with van der Waals surface area (Å²) in [5, 5.41) is 10.9. The molecule has 1 atom stereocenters. The molecule has 8 rings (SSSR count). The standard InChI is InChI=1S/C25H29N3O3.C25H27N3O3.Mn.2O/c2*1-25(2,3)22(29)14-17-4-6-18(7-5-17)24(30)19-8-9-20-21(15-19)27-23(16-26-20)28-10-12-31-13-11-28;;;/h4-9,15-16,24,30H,10-14H2,1-3H3;4-9,15-16H,10-14H2,1-3H3;;;. The van der Waals surface area contributed by atoms with Crippen LogP contribution in [-0.2, 0) is 54.4 Å². The second kappa shape index (κ2) is 21.9. The maximum absolute atomic E-state index is 13.0. The fourth-order valence-corrected chi connectivity index (χ4v) is 7.07. The van der Waals surface area contributed by atoms with E-state index in [1.807, 2.05) is 102 Å². The summed E-state index contributed by atoms with van der Waals surface area (Å²) in [5.74, 6) is 1.93. The topological polar surface area (TPSA) is 182 Å². The number of carbonyl (C=O) groups excluding carboxylic acids is 3. The molecule has 1 N–H and O–H groups in total. The Morgan fingerprint density at radius 1 is 0.585 bits per heavy atom. The summed E-state index contributed by atoms with van der Waals surface area (Å²) in [4.78, 5) is 60.4. The van der Waals surface area contributed by atoms with Crippen LogP contribution in [0.4, 0.5) is 11.6 Å². The van der Waals surface area contributed by atoms with E-state index >= 15 is 0 Å². The average molecular weight is 924 g/mol. The number of fused-ring (bicyclic) bond motifs is 2. The van der Waals surface area contributed by atoms with Gasteiger partial charge in [-0.15, -0.1) is 0 Å². The molecule has 0 amide bonds. The van der Waals surface area contributed by atoms with Gasteiger partial charge in [-0.25, -0.2) is 9.97 Å². The molecule has 6 aromatic rings. The molecule has 14 nitrogen and oxygen atoms in total. The fraction of sp³-hybridized carbons (Fsp3) is 0.380. The summed E-state index contributed by atoms with van der Waals surface area (Å²) >= 11 is -1.44. The van der Waals surface area contributed by atoms with Crippen LogP contribution in [0.3, 0.4) is 0 Å². The van der Waals surface area contributed by atoms with Gasteiger partial charge in [0.1, 0.15) is 29.3 Å².